The van der Waals surface area contributed by atoms with E-state index >= 15 is 0 Å². The average Bonchev–Trinajstić information content (AvgIpc) is 3.23. The van der Waals surface area contributed by atoms with E-state index in [9.17, 15) is 17.6 Å². The molecule has 0 fully saturated rings. The van der Waals surface area contributed by atoms with Crippen LogP contribution in [0.5, 0.6) is 0 Å². The second-order valence-corrected chi connectivity index (χ2v) is 12.0. The molecule has 0 aliphatic carbocycles. The van der Waals surface area contributed by atoms with Gasteiger partial charge in [0.1, 0.15) is 11.3 Å². The number of amides is 1. The van der Waals surface area contributed by atoms with Crippen LogP contribution in [0, 0.1) is 5.82 Å². The summed E-state index contributed by atoms with van der Waals surface area (Å²) in [6.07, 6.45) is 2.19. The van der Waals surface area contributed by atoms with Crippen molar-refractivity contribution in [3.8, 4) is 0 Å². The van der Waals surface area contributed by atoms with Crippen LogP contribution < -0.4 is 4.90 Å². The van der Waals surface area contributed by atoms with Crippen LogP contribution in [0.2, 0.25) is 0 Å². The van der Waals surface area contributed by atoms with Gasteiger partial charge in [0.15, 0.2) is 15.0 Å². The Hall–Kier alpha value is -2.01. The number of sulfone groups is 1. The molecule has 0 bridgehead atoms. The predicted molar refractivity (Wildman–Crippen MR) is 139 cm³/mol. The van der Waals surface area contributed by atoms with Gasteiger partial charge < -0.3 is 4.90 Å². The molecule has 1 aromatic heterocycles. The number of hydrogen-bond acceptors (Lipinski definition) is 7. The molecule has 0 unspecified atom stereocenters. The van der Waals surface area contributed by atoms with Crippen LogP contribution in [-0.2, 0) is 14.6 Å². The molecule has 2 aromatic carbocycles. The average molecular weight is 524 g/mol. The van der Waals surface area contributed by atoms with E-state index in [0.29, 0.717) is 36.6 Å². The lowest BCUT2D eigenvalue weighted by atomic mass is 10.3. The number of benzene rings is 2. The number of fused-ring (bicyclic) bond motifs is 1. The highest BCUT2D eigenvalue weighted by atomic mass is 32.2. The monoisotopic (exact) mass is 523 g/mol. The number of nitrogens with zero attached hydrogens (tertiary/aromatic N) is 3. The second-order valence-electron chi connectivity index (χ2n) is 7.85. The first-order valence-corrected chi connectivity index (χ1v) is 14.9. The number of aromatic nitrogens is 1. The Morgan fingerprint density at radius 2 is 1.79 bits per heavy atom. The lowest BCUT2D eigenvalue weighted by molar-refractivity contribution is -0.118. The molecular weight excluding hydrogens is 493 g/mol. The number of halogens is 1. The molecule has 0 radical (unpaired) electrons. The summed E-state index contributed by atoms with van der Waals surface area (Å²) >= 11 is 2.93. The summed E-state index contributed by atoms with van der Waals surface area (Å²) in [6, 6.07) is 11.4. The highest BCUT2D eigenvalue weighted by molar-refractivity contribution is 7.99. The lowest BCUT2D eigenvalue weighted by Crippen LogP contribution is -2.38. The van der Waals surface area contributed by atoms with Crippen LogP contribution in [0.1, 0.15) is 26.7 Å². The van der Waals surface area contributed by atoms with Crippen LogP contribution in [-0.4, -0.2) is 62.4 Å². The van der Waals surface area contributed by atoms with E-state index in [0.717, 1.165) is 28.4 Å². The molecule has 3 aromatic rings. The molecule has 184 valence electrons. The van der Waals surface area contributed by atoms with E-state index in [-0.39, 0.29) is 16.6 Å². The summed E-state index contributed by atoms with van der Waals surface area (Å²) in [5.74, 6) is 0.435. The number of rotatable bonds is 12. The van der Waals surface area contributed by atoms with Gasteiger partial charge in [-0.15, -0.1) is 11.8 Å². The van der Waals surface area contributed by atoms with E-state index in [1.165, 1.54) is 29.7 Å². The molecule has 1 heterocycles. The normalized spacial score (nSPS) is 11.9. The van der Waals surface area contributed by atoms with Gasteiger partial charge in [0.05, 0.1) is 9.60 Å². The van der Waals surface area contributed by atoms with Gasteiger partial charge in [-0.3, -0.25) is 9.69 Å². The SMILES string of the molecule is CCN(CC)CCN(C(=O)CCCSc1ccc(F)cc1)c1nc2c(S(C)(=O)=O)cccc2s1. The number of carbonyl (C=O) groups excluding carboxylic acids is 1. The van der Waals surface area contributed by atoms with Crippen LogP contribution in [0.3, 0.4) is 0 Å². The maximum Gasteiger partial charge on any atom is 0.228 e. The number of thiazole rings is 1. The van der Waals surface area contributed by atoms with E-state index in [2.05, 4.69) is 23.7 Å². The Morgan fingerprint density at radius 1 is 1.09 bits per heavy atom. The Balaban J connectivity index is 1.76. The molecule has 0 spiro atoms. The van der Waals surface area contributed by atoms with Crippen molar-refractivity contribution >= 4 is 54.2 Å². The second kappa shape index (κ2) is 12.1. The predicted octanol–water partition coefficient (Wildman–Crippen LogP) is 5.09. The molecule has 0 saturated heterocycles. The molecule has 0 aliphatic heterocycles. The first-order chi connectivity index (χ1) is 16.2. The summed E-state index contributed by atoms with van der Waals surface area (Å²) in [4.78, 5) is 22.9. The Kier molecular flexibility index (Phi) is 9.47. The van der Waals surface area contributed by atoms with Gasteiger partial charge in [-0.1, -0.05) is 31.3 Å². The van der Waals surface area contributed by atoms with Crippen molar-refractivity contribution in [1.82, 2.24) is 9.88 Å². The highest BCUT2D eigenvalue weighted by Crippen LogP contribution is 2.33. The zero-order valence-corrected chi connectivity index (χ0v) is 22.1. The summed E-state index contributed by atoms with van der Waals surface area (Å²) in [5.41, 5.74) is 0.414. The van der Waals surface area contributed by atoms with Crippen LogP contribution >= 0.6 is 23.1 Å². The maximum absolute atomic E-state index is 13.2. The molecule has 1 amide bonds. The fraction of sp³-hybridized carbons (Fsp3) is 0.417. The lowest BCUT2D eigenvalue weighted by Gasteiger charge is -2.24. The minimum atomic E-state index is -3.44. The minimum Gasteiger partial charge on any atom is -0.302 e. The third kappa shape index (κ3) is 7.00. The van der Waals surface area contributed by atoms with Crippen molar-refractivity contribution < 1.29 is 17.6 Å². The largest absolute Gasteiger partial charge is 0.302 e. The molecule has 0 saturated carbocycles. The van der Waals surface area contributed by atoms with Crippen LogP contribution in [0.4, 0.5) is 9.52 Å². The van der Waals surface area contributed by atoms with E-state index < -0.39 is 9.84 Å². The van der Waals surface area contributed by atoms with Crippen LogP contribution in [0.25, 0.3) is 10.2 Å². The van der Waals surface area contributed by atoms with Gasteiger partial charge in [-0.05, 0) is 61.7 Å². The third-order valence-corrected chi connectivity index (χ3v) is 8.72. The first kappa shape index (κ1) is 26.6. The molecule has 0 N–H and O–H groups in total. The summed E-state index contributed by atoms with van der Waals surface area (Å²) in [6.45, 7) is 7.12. The number of carbonyl (C=O) groups is 1. The quantitative estimate of drug-likeness (QED) is 0.243. The minimum absolute atomic E-state index is 0.0353. The molecule has 10 heteroatoms. The maximum atomic E-state index is 13.2. The van der Waals surface area contributed by atoms with Gasteiger partial charge in [-0.2, -0.15) is 0 Å². The molecule has 6 nitrogen and oxygen atoms in total. The summed E-state index contributed by atoms with van der Waals surface area (Å²) in [7, 11) is -3.44. The van der Waals surface area contributed by atoms with E-state index in [4.69, 9.17) is 0 Å². The zero-order chi connectivity index (χ0) is 24.7. The van der Waals surface area contributed by atoms with Gasteiger partial charge in [0, 0.05) is 30.7 Å². The number of likely N-dealkylation sites (N-methyl/N-ethyl adjacent to an activating group) is 1. The molecular formula is C24H30FN3O3S3. The molecule has 0 atom stereocenters. The van der Waals surface area contributed by atoms with E-state index in [1.807, 2.05) is 6.07 Å². The first-order valence-electron chi connectivity index (χ1n) is 11.2. The third-order valence-electron chi connectivity index (χ3n) is 5.45. The Bertz CT molecular complexity index is 1210. The topological polar surface area (TPSA) is 70.6 Å². The van der Waals surface area contributed by atoms with Gasteiger partial charge in [0.25, 0.3) is 0 Å². The Morgan fingerprint density at radius 3 is 2.44 bits per heavy atom. The van der Waals surface area contributed by atoms with Crippen molar-refractivity contribution in [3.05, 3.63) is 48.3 Å². The number of thioether (sulfide) groups is 1. The summed E-state index contributed by atoms with van der Waals surface area (Å²) in [5, 5.41) is 0.523. The molecule has 3 rings (SSSR count). The molecule has 0 aliphatic rings. The van der Waals surface area contributed by atoms with Gasteiger partial charge in [0.2, 0.25) is 5.91 Å². The standard InChI is InChI=1S/C24H30FN3O3S3/c1-4-27(5-2)15-16-28(22(29)10-7-17-32-19-13-11-18(25)12-14-19)24-26-23-20(33-24)8-6-9-21(23)34(3,30)31/h6,8-9,11-14H,4-5,7,10,15-17H2,1-3H3. The van der Waals surface area contributed by atoms with Crippen molar-refractivity contribution in [2.45, 2.75) is 36.5 Å². The van der Waals surface area contributed by atoms with Gasteiger partial charge in [-0.25, -0.2) is 17.8 Å². The van der Waals surface area contributed by atoms with Crippen molar-refractivity contribution in [3.63, 3.8) is 0 Å². The fourth-order valence-corrected chi connectivity index (χ4v) is 6.30. The zero-order valence-electron chi connectivity index (χ0n) is 19.7. The number of anilines is 1. The Labute approximate surface area is 209 Å². The number of para-hydroxylation sites is 1. The van der Waals surface area contributed by atoms with E-state index in [1.54, 1.807) is 40.9 Å². The van der Waals surface area contributed by atoms with Gasteiger partial charge >= 0.3 is 0 Å². The summed E-state index contributed by atoms with van der Waals surface area (Å²) < 4.78 is 38.3. The fourth-order valence-electron chi connectivity index (χ4n) is 3.51. The van der Waals surface area contributed by atoms with Crippen molar-refractivity contribution in [2.24, 2.45) is 0 Å². The highest BCUT2D eigenvalue weighted by Gasteiger charge is 2.22. The van der Waals surface area contributed by atoms with Crippen LogP contribution in [0.15, 0.2) is 52.3 Å². The number of hydrogen-bond donors (Lipinski definition) is 0. The smallest absolute Gasteiger partial charge is 0.228 e. The van der Waals surface area contributed by atoms with Crippen molar-refractivity contribution in [1.29, 1.82) is 0 Å². The van der Waals surface area contributed by atoms with Crippen molar-refractivity contribution in [2.75, 3.05) is 43.1 Å². The molecule has 34 heavy (non-hydrogen) atoms.